The van der Waals surface area contributed by atoms with E-state index >= 15 is 0 Å². The molecular formula is C13H20N6OS. The minimum Gasteiger partial charge on any atom is -0.363 e. The minimum absolute atomic E-state index is 0.0487. The largest absolute Gasteiger partial charge is 0.363 e. The highest BCUT2D eigenvalue weighted by atomic mass is 32.2. The lowest BCUT2D eigenvalue weighted by Crippen LogP contribution is -2.48. The molecule has 0 bridgehead atoms. The van der Waals surface area contributed by atoms with E-state index < -0.39 is 0 Å². The Bertz CT molecular complexity index is 493. The van der Waals surface area contributed by atoms with E-state index in [0.717, 1.165) is 6.42 Å². The summed E-state index contributed by atoms with van der Waals surface area (Å²) < 4.78 is 6.08. The van der Waals surface area contributed by atoms with Crippen molar-refractivity contribution in [1.29, 1.82) is 0 Å². The lowest BCUT2D eigenvalue weighted by molar-refractivity contribution is -0.0629. The van der Waals surface area contributed by atoms with E-state index in [9.17, 15) is 0 Å². The number of hydrogen-bond acceptors (Lipinski definition) is 6. The zero-order valence-electron chi connectivity index (χ0n) is 12.5. The second-order valence-electron chi connectivity index (χ2n) is 5.31. The zero-order valence-corrected chi connectivity index (χ0v) is 13.3. The van der Waals surface area contributed by atoms with Crippen molar-refractivity contribution in [3.8, 4) is 0 Å². The summed E-state index contributed by atoms with van der Waals surface area (Å²) in [5, 5.41) is 4.36. The molecule has 0 amide bonds. The van der Waals surface area contributed by atoms with Crippen LogP contribution in [0.15, 0.2) is 28.7 Å². The first kappa shape index (κ1) is 16.0. The van der Waals surface area contributed by atoms with Crippen LogP contribution < -0.4 is 0 Å². The molecule has 8 heteroatoms. The van der Waals surface area contributed by atoms with E-state index in [1.807, 2.05) is 0 Å². The van der Waals surface area contributed by atoms with Crippen LogP contribution in [0.1, 0.15) is 13.3 Å². The third-order valence-corrected chi connectivity index (χ3v) is 4.84. The second kappa shape index (κ2) is 7.61. The van der Waals surface area contributed by atoms with Crippen LogP contribution in [0.3, 0.4) is 0 Å². The number of rotatable bonds is 5. The van der Waals surface area contributed by atoms with Crippen molar-refractivity contribution >= 4 is 11.8 Å². The van der Waals surface area contributed by atoms with Crippen LogP contribution in [0.4, 0.5) is 0 Å². The molecule has 1 aliphatic heterocycles. The molecule has 114 valence electrons. The number of aromatic nitrogens is 2. The molecule has 1 aliphatic rings. The molecule has 4 unspecified atom stereocenters. The van der Waals surface area contributed by atoms with Gasteiger partial charge in [-0.15, -0.1) is 0 Å². The van der Waals surface area contributed by atoms with E-state index in [4.69, 9.17) is 10.3 Å². The van der Waals surface area contributed by atoms with Gasteiger partial charge in [-0.2, -0.15) is 0 Å². The fraction of sp³-hybridized carbons (Fsp3) is 0.692. The second-order valence-corrected chi connectivity index (χ2v) is 6.38. The Kier molecular flexibility index (Phi) is 5.81. The Morgan fingerprint density at radius 2 is 2.19 bits per heavy atom. The average Bonchev–Trinajstić information content (AvgIpc) is 2.48. The molecule has 21 heavy (non-hydrogen) atoms. The molecule has 7 nitrogen and oxygen atoms in total. The summed E-state index contributed by atoms with van der Waals surface area (Å²) in [5.74, 6) is 0.330. The molecule has 0 aliphatic carbocycles. The Hall–Kier alpha value is -1.34. The smallest absolute Gasteiger partial charge is 0.190 e. The van der Waals surface area contributed by atoms with Crippen molar-refractivity contribution in [3.05, 3.63) is 28.9 Å². The highest BCUT2D eigenvalue weighted by Gasteiger charge is 2.37. The van der Waals surface area contributed by atoms with Gasteiger partial charge < -0.3 is 9.64 Å². The topological polar surface area (TPSA) is 87.0 Å². The van der Waals surface area contributed by atoms with Gasteiger partial charge in [-0.3, -0.25) is 0 Å². The Morgan fingerprint density at radius 3 is 2.81 bits per heavy atom. The van der Waals surface area contributed by atoms with Crippen molar-refractivity contribution < 1.29 is 4.74 Å². The first-order chi connectivity index (χ1) is 10.1. The van der Waals surface area contributed by atoms with Crippen molar-refractivity contribution in [2.45, 2.75) is 36.1 Å². The summed E-state index contributed by atoms with van der Waals surface area (Å²) in [7, 11) is 4.13. The first-order valence-electron chi connectivity index (χ1n) is 6.88. The standard InChI is InChI=1S/C13H20N6OS/c1-9-11(19(2)3)7-10(8-17-18-14)20-12(9)21-13-15-5-4-6-16-13/h4-6,9-12H,7-8H2,1-3H3. The molecule has 0 N–H and O–H groups in total. The number of thioether (sulfide) groups is 1. The van der Waals surface area contributed by atoms with E-state index in [1.54, 1.807) is 18.5 Å². The van der Waals surface area contributed by atoms with Crippen LogP contribution in [0, 0.1) is 5.92 Å². The lowest BCUT2D eigenvalue weighted by Gasteiger charge is -2.42. The third-order valence-electron chi connectivity index (χ3n) is 3.64. The molecule has 1 fully saturated rings. The molecule has 2 heterocycles. The molecule has 0 aromatic carbocycles. The van der Waals surface area contributed by atoms with Gasteiger partial charge in [-0.05, 0) is 32.1 Å². The predicted octanol–water partition coefficient (Wildman–Crippen LogP) is 2.56. The van der Waals surface area contributed by atoms with Gasteiger partial charge >= 0.3 is 0 Å². The van der Waals surface area contributed by atoms with Gasteiger partial charge in [0.25, 0.3) is 0 Å². The van der Waals surface area contributed by atoms with Gasteiger partial charge in [0.05, 0.1) is 12.6 Å². The predicted molar refractivity (Wildman–Crippen MR) is 81.8 cm³/mol. The van der Waals surface area contributed by atoms with Crippen LogP contribution in [0.25, 0.3) is 10.4 Å². The third kappa shape index (κ3) is 4.31. The van der Waals surface area contributed by atoms with Crippen molar-refractivity contribution in [3.63, 3.8) is 0 Å². The maximum absolute atomic E-state index is 8.49. The maximum Gasteiger partial charge on any atom is 0.190 e. The lowest BCUT2D eigenvalue weighted by atomic mass is 9.92. The molecule has 4 atom stereocenters. The van der Waals surface area contributed by atoms with Crippen LogP contribution in [0.5, 0.6) is 0 Å². The Labute approximate surface area is 128 Å². The van der Waals surface area contributed by atoms with Crippen molar-refractivity contribution in [2.75, 3.05) is 20.6 Å². The van der Waals surface area contributed by atoms with Gasteiger partial charge in [0, 0.05) is 29.3 Å². The highest BCUT2D eigenvalue weighted by molar-refractivity contribution is 7.99. The Morgan fingerprint density at radius 1 is 1.48 bits per heavy atom. The van der Waals surface area contributed by atoms with Gasteiger partial charge in [0.2, 0.25) is 0 Å². The van der Waals surface area contributed by atoms with Gasteiger partial charge in [0.15, 0.2) is 5.16 Å². The molecule has 1 saturated heterocycles. The summed E-state index contributed by atoms with van der Waals surface area (Å²) in [4.78, 5) is 13.5. The zero-order chi connectivity index (χ0) is 15.2. The molecule has 0 saturated carbocycles. The van der Waals surface area contributed by atoms with Gasteiger partial charge in [-0.25, -0.2) is 9.97 Å². The highest BCUT2D eigenvalue weighted by Crippen LogP contribution is 2.36. The minimum atomic E-state index is -0.0642. The summed E-state index contributed by atoms with van der Waals surface area (Å²) in [6.07, 6.45) is 4.25. The van der Waals surface area contributed by atoms with Crippen molar-refractivity contribution in [2.24, 2.45) is 11.0 Å². The summed E-state index contributed by atoms with van der Waals surface area (Å²) in [6, 6.07) is 2.17. The molecule has 0 spiro atoms. The summed E-state index contributed by atoms with van der Waals surface area (Å²) in [5.41, 5.74) is 8.44. The molecule has 2 rings (SSSR count). The van der Waals surface area contributed by atoms with Crippen LogP contribution in [0.2, 0.25) is 0 Å². The fourth-order valence-corrected chi connectivity index (χ4v) is 3.61. The molecular weight excluding hydrogens is 288 g/mol. The van der Waals surface area contributed by atoms with E-state index in [0.29, 0.717) is 23.7 Å². The maximum atomic E-state index is 8.49. The van der Waals surface area contributed by atoms with Crippen LogP contribution >= 0.6 is 11.8 Å². The molecule has 0 radical (unpaired) electrons. The van der Waals surface area contributed by atoms with E-state index in [1.165, 1.54) is 11.8 Å². The number of azide groups is 1. The van der Waals surface area contributed by atoms with E-state index in [-0.39, 0.29) is 11.5 Å². The van der Waals surface area contributed by atoms with Gasteiger partial charge in [0.1, 0.15) is 5.44 Å². The number of hydrogen-bond donors (Lipinski definition) is 0. The van der Waals surface area contributed by atoms with Crippen LogP contribution in [-0.4, -0.2) is 53.1 Å². The molecule has 1 aromatic rings. The summed E-state index contributed by atoms with van der Waals surface area (Å²) in [6.45, 7) is 2.54. The molecule has 1 aromatic heterocycles. The quantitative estimate of drug-likeness (QED) is 0.361. The summed E-state index contributed by atoms with van der Waals surface area (Å²) >= 11 is 1.53. The van der Waals surface area contributed by atoms with Gasteiger partial charge in [-0.1, -0.05) is 23.8 Å². The van der Waals surface area contributed by atoms with Crippen molar-refractivity contribution in [1.82, 2.24) is 14.9 Å². The average molecular weight is 308 g/mol. The normalized spacial score (nSPS) is 29.1. The first-order valence-corrected chi connectivity index (χ1v) is 7.76. The SMILES string of the molecule is CC1C(Sc2ncccn2)OC(CN=[N+]=[N-])CC1N(C)C. The monoisotopic (exact) mass is 308 g/mol. The Balaban J connectivity index is 2.11. The number of ether oxygens (including phenoxy) is 1. The van der Waals surface area contributed by atoms with E-state index in [2.05, 4.69) is 45.9 Å². The number of nitrogens with zero attached hydrogens (tertiary/aromatic N) is 6. The van der Waals surface area contributed by atoms with Crippen LogP contribution in [-0.2, 0) is 4.74 Å². The fourth-order valence-electron chi connectivity index (χ4n) is 2.55.